The molecule has 0 spiro atoms. The van der Waals surface area contributed by atoms with Gasteiger partial charge in [0.2, 0.25) is 10.0 Å². The average molecular weight is 394 g/mol. The average Bonchev–Trinajstić information content (AvgIpc) is 3.00. The number of carbonyl (C=O) groups is 1. The van der Waals surface area contributed by atoms with Crippen LogP contribution in [0.5, 0.6) is 5.75 Å². The van der Waals surface area contributed by atoms with E-state index in [1.165, 1.54) is 0 Å². The Morgan fingerprint density at radius 2 is 2.19 bits per heavy atom. The molecule has 27 heavy (non-hydrogen) atoms. The van der Waals surface area contributed by atoms with Crippen molar-refractivity contribution in [1.82, 2.24) is 14.9 Å². The number of ether oxygens (including phenoxy) is 2. The van der Waals surface area contributed by atoms with E-state index in [2.05, 4.69) is 14.9 Å². The molecule has 1 unspecified atom stereocenters. The Morgan fingerprint density at radius 1 is 1.41 bits per heavy atom. The van der Waals surface area contributed by atoms with E-state index in [4.69, 9.17) is 9.47 Å². The highest BCUT2D eigenvalue weighted by molar-refractivity contribution is 7.89. The Hall–Kier alpha value is -2.43. The van der Waals surface area contributed by atoms with Crippen LogP contribution in [-0.4, -0.2) is 57.4 Å². The van der Waals surface area contributed by atoms with Crippen LogP contribution in [0, 0.1) is 13.8 Å². The Bertz CT molecular complexity index is 921. The molecule has 0 aliphatic carbocycles. The fraction of sp³-hybridized carbons (Fsp3) is 0.412. The number of carbonyl (C=O) groups excluding carboxylic acids is 1. The maximum Gasteiger partial charge on any atom is 0.253 e. The van der Waals surface area contributed by atoms with Crippen molar-refractivity contribution in [2.45, 2.75) is 24.8 Å². The van der Waals surface area contributed by atoms with E-state index >= 15 is 0 Å². The molecule has 1 aromatic carbocycles. The zero-order chi connectivity index (χ0) is 19.6. The maximum absolute atomic E-state index is 12.6. The minimum Gasteiger partial charge on any atom is -0.497 e. The molecule has 1 aliphatic rings. The van der Waals surface area contributed by atoms with Gasteiger partial charge in [-0.1, -0.05) is 6.07 Å². The van der Waals surface area contributed by atoms with Crippen molar-refractivity contribution in [1.29, 1.82) is 0 Å². The van der Waals surface area contributed by atoms with Gasteiger partial charge in [0.25, 0.3) is 5.91 Å². The largest absolute Gasteiger partial charge is 0.497 e. The molecule has 2 N–H and O–H groups in total. The molecule has 10 heteroatoms. The SMILES string of the molecule is COc1cccc(N2CC(CNS(=O)(=O)c3c(C)n[nH]c3C)OCC2=O)c1. The lowest BCUT2D eigenvalue weighted by molar-refractivity contribution is -0.129. The molecule has 0 radical (unpaired) electrons. The Morgan fingerprint density at radius 3 is 2.85 bits per heavy atom. The number of nitrogens with zero attached hydrogens (tertiary/aromatic N) is 2. The van der Waals surface area contributed by atoms with Crippen LogP contribution in [0.15, 0.2) is 29.2 Å². The molecule has 0 bridgehead atoms. The van der Waals surface area contributed by atoms with Gasteiger partial charge in [0, 0.05) is 18.3 Å². The Balaban J connectivity index is 1.70. The van der Waals surface area contributed by atoms with Crippen molar-refractivity contribution in [2.75, 3.05) is 31.7 Å². The van der Waals surface area contributed by atoms with Crippen LogP contribution in [0.4, 0.5) is 5.69 Å². The van der Waals surface area contributed by atoms with Gasteiger partial charge in [-0.15, -0.1) is 0 Å². The van der Waals surface area contributed by atoms with Gasteiger partial charge in [-0.3, -0.25) is 9.89 Å². The second kappa shape index (κ2) is 7.67. The number of aromatic nitrogens is 2. The van der Waals surface area contributed by atoms with Gasteiger partial charge < -0.3 is 14.4 Å². The molecule has 0 saturated carbocycles. The van der Waals surface area contributed by atoms with Crippen LogP contribution in [0.1, 0.15) is 11.4 Å². The van der Waals surface area contributed by atoms with E-state index < -0.39 is 16.1 Å². The van der Waals surface area contributed by atoms with Crippen molar-refractivity contribution in [3.8, 4) is 5.75 Å². The lowest BCUT2D eigenvalue weighted by Gasteiger charge is -2.33. The third-order valence-electron chi connectivity index (χ3n) is 4.33. The molecule has 1 aromatic heterocycles. The first-order valence-corrected chi connectivity index (χ1v) is 9.87. The molecule has 1 aliphatic heterocycles. The summed E-state index contributed by atoms with van der Waals surface area (Å²) in [6, 6.07) is 7.13. The van der Waals surface area contributed by atoms with Crippen LogP contribution in [0.2, 0.25) is 0 Å². The van der Waals surface area contributed by atoms with E-state index in [1.54, 1.807) is 50.1 Å². The number of aromatic amines is 1. The number of aryl methyl sites for hydroxylation is 2. The summed E-state index contributed by atoms with van der Waals surface area (Å²) in [7, 11) is -2.18. The summed E-state index contributed by atoms with van der Waals surface area (Å²) >= 11 is 0. The fourth-order valence-corrected chi connectivity index (χ4v) is 4.42. The number of sulfonamides is 1. The molecule has 1 fully saturated rings. The van der Waals surface area contributed by atoms with Crippen LogP contribution >= 0.6 is 0 Å². The quantitative estimate of drug-likeness (QED) is 0.747. The minimum absolute atomic E-state index is 0.0418. The molecular formula is C17H22N4O5S. The minimum atomic E-state index is -3.73. The number of H-pyrrole nitrogens is 1. The number of morpholine rings is 1. The molecule has 1 atom stereocenters. The van der Waals surface area contributed by atoms with Crippen LogP contribution in [0.25, 0.3) is 0 Å². The number of benzene rings is 1. The molecule has 1 saturated heterocycles. The summed E-state index contributed by atoms with van der Waals surface area (Å²) < 4.78 is 38.3. The highest BCUT2D eigenvalue weighted by atomic mass is 32.2. The summed E-state index contributed by atoms with van der Waals surface area (Å²) in [4.78, 5) is 13.9. The van der Waals surface area contributed by atoms with Crippen molar-refractivity contribution in [2.24, 2.45) is 0 Å². The molecular weight excluding hydrogens is 372 g/mol. The van der Waals surface area contributed by atoms with E-state index in [1.807, 2.05) is 0 Å². The number of hydrogen-bond donors (Lipinski definition) is 2. The van der Waals surface area contributed by atoms with Crippen molar-refractivity contribution in [3.05, 3.63) is 35.7 Å². The van der Waals surface area contributed by atoms with Gasteiger partial charge in [0.1, 0.15) is 17.3 Å². The van der Waals surface area contributed by atoms with Gasteiger partial charge in [0.15, 0.2) is 0 Å². The Labute approximate surface area is 157 Å². The summed E-state index contributed by atoms with van der Waals surface area (Å²) in [5, 5.41) is 6.58. The van der Waals surface area contributed by atoms with Crippen LogP contribution in [-0.2, 0) is 19.6 Å². The number of rotatable bonds is 6. The van der Waals surface area contributed by atoms with Crippen molar-refractivity contribution < 1.29 is 22.7 Å². The van der Waals surface area contributed by atoms with Gasteiger partial charge >= 0.3 is 0 Å². The monoisotopic (exact) mass is 394 g/mol. The first kappa shape index (κ1) is 19.3. The van der Waals surface area contributed by atoms with E-state index in [-0.39, 0.29) is 30.5 Å². The first-order valence-electron chi connectivity index (χ1n) is 8.39. The van der Waals surface area contributed by atoms with E-state index in [9.17, 15) is 13.2 Å². The normalized spacial score (nSPS) is 18.0. The predicted molar refractivity (Wildman–Crippen MR) is 98.3 cm³/mol. The third-order valence-corrected chi connectivity index (χ3v) is 6.01. The lowest BCUT2D eigenvalue weighted by atomic mass is 10.2. The molecule has 9 nitrogen and oxygen atoms in total. The molecule has 146 valence electrons. The second-order valence-electron chi connectivity index (χ2n) is 6.25. The molecule has 2 heterocycles. The van der Waals surface area contributed by atoms with Gasteiger partial charge in [0.05, 0.1) is 31.1 Å². The number of amides is 1. The third kappa shape index (κ3) is 4.12. The zero-order valence-electron chi connectivity index (χ0n) is 15.4. The second-order valence-corrected chi connectivity index (χ2v) is 7.96. The molecule has 1 amide bonds. The van der Waals surface area contributed by atoms with Crippen molar-refractivity contribution >= 4 is 21.6 Å². The summed E-state index contributed by atoms with van der Waals surface area (Å²) in [6.45, 7) is 3.43. The summed E-state index contributed by atoms with van der Waals surface area (Å²) in [6.07, 6.45) is -0.476. The highest BCUT2D eigenvalue weighted by Crippen LogP contribution is 2.23. The first-order chi connectivity index (χ1) is 12.8. The lowest BCUT2D eigenvalue weighted by Crippen LogP contribution is -2.50. The summed E-state index contributed by atoms with van der Waals surface area (Å²) in [5.74, 6) is 0.443. The van der Waals surface area contributed by atoms with Crippen LogP contribution in [0.3, 0.4) is 0 Å². The predicted octanol–water partition coefficient (Wildman–Crippen LogP) is 0.745. The fourth-order valence-electron chi connectivity index (χ4n) is 2.99. The zero-order valence-corrected chi connectivity index (χ0v) is 16.2. The van der Waals surface area contributed by atoms with Gasteiger partial charge in [-0.05, 0) is 26.0 Å². The van der Waals surface area contributed by atoms with E-state index in [0.717, 1.165) is 0 Å². The number of anilines is 1. The van der Waals surface area contributed by atoms with E-state index in [0.29, 0.717) is 22.8 Å². The van der Waals surface area contributed by atoms with Gasteiger partial charge in [-0.25, -0.2) is 13.1 Å². The van der Waals surface area contributed by atoms with Crippen molar-refractivity contribution in [3.63, 3.8) is 0 Å². The Kier molecular flexibility index (Phi) is 5.49. The highest BCUT2D eigenvalue weighted by Gasteiger charge is 2.30. The topological polar surface area (TPSA) is 114 Å². The standard InChI is InChI=1S/C17H22N4O5S/c1-11-17(12(2)20-19-11)27(23,24)18-8-15-9-21(16(22)10-26-15)13-5-4-6-14(7-13)25-3/h4-7,15,18H,8-10H2,1-3H3,(H,19,20). The number of hydrogen-bond acceptors (Lipinski definition) is 6. The number of methoxy groups -OCH3 is 1. The van der Waals surface area contributed by atoms with Crippen LogP contribution < -0.4 is 14.4 Å². The molecule has 3 rings (SSSR count). The molecule has 2 aromatic rings. The number of nitrogens with one attached hydrogen (secondary N) is 2. The summed E-state index contributed by atoms with van der Waals surface area (Å²) in [5.41, 5.74) is 1.55. The maximum atomic E-state index is 12.6. The smallest absolute Gasteiger partial charge is 0.253 e. The van der Waals surface area contributed by atoms with Gasteiger partial charge in [-0.2, -0.15) is 5.10 Å².